The van der Waals surface area contributed by atoms with Gasteiger partial charge in [-0.05, 0) is 55.3 Å². The van der Waals surface area contributed by atoms with Gasteiger partial charge in [0, 0.05) is 12.1 Å². The number of hydrogen-bond acceptors (Lipinski definition) is 5. The maximum atomic E-state index is 12.0. The standard InChI is InChI=1S/C20H23NO5/c1-15-5-3-6-18(13-15)25-12-4-7-19(22)21-16-8-10-17(11-9-16)26-14-20(23)24-2/h3,5-6,8-11,13H,4,7,12,14H2,1-2H3,(H,21,22). The molecule has 1 N–H and O–H groups in total. The zero-order chi connectivity index (χ0) is 18.8. The molecule has 138 valence electrons. The van der Waals surface area contributed by atoms with E-state index in [1.807, 2.05) is 31.2 Å². The van der Waals surface area contributed by atoms with Crippen LogP contribution < -0.4 is 14.8 Å². The lowest BCUT2D eigenvalue weighted by molar-refractivity contribution is -0.142. The number of carbonyl (C=O) groups excluding carboxylic acids is 2. The summed E-state index contributed by atoms with van der Waals surface area (Å²) in [4.78, 5) is 23.0. The average Bonchev–Trinajstić information content (AvgIpc) is 2.64. The second kappa shape index (κ2) is 10.1. The van der Waals surface area contributed by atoms with E-state index >= 15 is 0 Å². The number of methoxy groups -OCH3 is 1. The predicted octanol–water partition coefficient (Wildman–Crippen LogP) is 3.34. The topological polar surface area (TPSA) is 73.9 Å². The molecule has 6 heteroatoms. The molecule has 0 fully saturated rings. The first-order chi connectivity index (χ1) is 12.6. The first-order valence-electron chi connectivity index (χ1n) is 8.36. The summed E-state index contributed by atoms with van der Waals surface area (Å²) in [6.07, 6.45) is 0.993. The van der Waals surface area contributed by atoms with E-state index in [-0.39, 0.29) is 12.5 Å². The summed E-state index contributed by atoms with van der Waals surface area (Å²) in [6.45, 7) is 2.34. The van der Waals surface area contributed by atoms with Crippen LogP contribution in [0.2, 0.25) is 0 Å². The second-order valence-electron chi connectivity index (χ2n) is 5.71. The molecule has 6 nitrogen and oxygen atoms in total. The van der Waals surface area contributed by atoms with Crippen LogP contribution in [0.25, 0.3) is 0 Å². The highest BCUT2D eigenvalue weighted by atomic mass is 16.6. The number of ether oxygens (including phenoxy) is 3. The predicted molar refractivity (Wildman–Crippen MR) is 98.5 cm³/mol. The zero-order valence-corrected chi connectivity index (χ0v) is 15.0. The molecule has 0 heterocycles. The molecule has 2 aromatic carbocycles. The Hall–Kier alpha value is -3.02. The van der Waals surface area contributed by atoms with Gasteiger partial charge in [0.1, 0.15) is 11.5 Å². The van der Waals surface area contributed by atoms with Crippen LogP contribution in [0.3, 0.4) is 0 Å². The highest BCUT2D eigenvalue weighted by Crippen LogP contribution is 2.16. The van der Waals surface area contributed by atoms with Crippen LogP contribution in [-0.2, 0) is 14.3 Å². The van der Waals surface area contributed by atoms with Gasteiger partial charge in [-0.2, -0.15) is 0 Å². The van der Waals surface area contributed by atoms with Crippen LogP contribution in [0.15, 0.2) is 48.5 Å². The fourth-order valence-electron chi connectivity index (χ4n) is 2.19. The molecule has 0 bridgehead atoms. The van der Waals surface area contributed by atoms with Crippen molar-refractivity contribution in [1.82, 2.24) is 0 Å². The van der Waals surface area contributed by atoms with Crippen LogP contribution in [0.5, 0.6) is 11.5 Å². The fourth-order valence-corrected chi connectivity index (χ4v) is 2.19. The van der Waals surface area contributed by atoms with Crippen LogP contribution in [-0.4, -0.2) is 32.2 Å². The summed E-state index contributed by atoms with van der Waals surface area (Å²) in [5, 5.41) is 2.81. The Labute approximate surface area is 153 Å². The van der Waals surface area contributed by atoms with Gasteiger partial charge < -0.3 is 19.5 Å². The summed E-state index contributed by atoms with van der Waals surface area (Å²) in [5.41, 5.74) is 1.80. The Morgan fingerprint density at radius 1 is 1.00 bits per heavy atom. The molecule has 0 aliphatic carbocycles. The van der Waals surface area contributed by atoms with E-state index in [1.165, 1.54) is 7.11 Å². The molecule has 0 spiro atoms. The van der Waals surface area contributed by atoms with Crippen molar-refractivity contribution in [1.29, 1.82) is 0 Å². The van der Waals surface area contributed by atoms with Gasteiger partial charge in [-0.25, -0.2) is 4.79 Å². The van der Waals surface area contributed by atoms with Gasteiger partial charge in [0.15, 0.2) is 6.61 Å². The number of anilines is 1. The normalized spacial score (nSPS) is 10.1. The minimum absolute atomic E-state index is 0.0823. The minimum Gasteiger partial charge on any atom is -0.494 e. The molecular formula is C20H23NO5. The van der Waals surface area contributed by atoms with Crippen molar-refractivity contribution < 1.29 is 23.8 Å². The maximum absolute atomic E-state index is 12.0. The van der Waals surface area contributed by atoms with E-state index in [0.717, 1.165) is 11.3 Å². The Kier molecular flexibility index (Phi) is 7.49. The quantitative estimate of drug-likeness (QED) is 0.550. The molecule has 1 amide bonds. The van der Waals surface area contributed by atoms with Gasteiger partial charge in [0.2, 0.25) is 5.91 Å². The van der Waals surface area contributed by atoms with E-state index in [1.54, 1.807) is 24.3 Å². The van der Waals surface area contributed by atoms with Gasteiger partial charge in [-0.3, -0.25) is 4.79 Å². The van der Waals surface area contributed by atoms with Crippen molar-refractivity contribution in [3.8, 4) is 11.5 Å². The van der Waals surface area contributed by atoms with Gasteiger partial charge in [-0.15, -0.1) is 0 Å². The van der Waals surface area contributed by atoms with E-state index in [2.05, 4.69) is 10.1 Å². The van der Waals surface area contributed by atoms with Crippen molar-refractivity contribution in [2.24, 2.45) is 0 Å². The van der Waals surface area contributed by atoms with Crippen molar-refractivity contribution >= 4 is 17.6 Å². The van der Waals surface area contributed by atoms with Gasteiger partial charge in [0.05, 0.1) is 13.7 Å². The van der Waals surface area contributed by atoms with Crippen molar-refractivity contribution in [3.05, 3.63) is 54.1 Å². The number of rotatable bonds is 9. The largest absolute Gasteiger partial charge is 0.494 e. The third-order valence-corrected chi connectivity index (χ3v) is 3.53. The molecule has 0 radical (unpaired) electrons. The monoisotopic (exact) mass is 357 g/mol. The van der Waals surface area contributed by atoms with Crippen LogP contribution >= 0.6 is 0 Å². The molecule has 0 unspecified atom stereocenters. The van der Waals surface area contributed by atoms with Gasteiger partial charge in [-0.1, -0.05) is 12.1 Å². The first-order valence-corrected chi connectivity index (χ1v) is 8.36. The number of amides is 1. The van der Waals surface area contributed by atoms with Crippen LogP contribution in [0.4, 0.5) is 5.69 Å². The summed E-state index contributed by atoms with van der Waals surface area (Å²) in [6, 6.07) is 14.6. The molecule has 0 saturated carbocycles. The Morgan fingerprint density at radius 3 is 2.46 bits per heavy atom. The van der Waals surface area contributed by atoms with Crippen LogP contribution in [0.1, 0.15) is 18.4 Å². The summed E-state index contributed by atoms with van der Waals surface area (Å²) in [5.74, 6) is 0.809. The Balaban J connectivity index is 1.68. The average molecular weight is 357 g/mol. The van der Waals surface area contributed by atoms with E-state index in [4.69, 9.17) is 9.47 Å². The Morgan fingerprint density at radius 2 is 1.77 bits per heavy atom. The van der Waals surface area contributed by atoms with Crippen molar-refractivity contribution in [2.45, 2.75) is 19.8 Å². The maximum Gasteiger partial charge on any atom is 0.343 e. The van der Waals surface area contributed by atoms with Crippen LogP contribution in [0, 0.1) is 6.92 Å². The van der Waals surface area contributed by atoms with Gasteiger partial charge >= 0.3 is 5.97 Å². The number of benzene rings is 2. The third kappa shape index (κ3) is 6.84. The Bertz CT molecular complexity index is 727. The highest BCUT2D eigenvalue weighted by molar-refractivity contribution is 5.90. The summed E-state index contributed by atoms with van der Waals surface area (Å²) in [7, 11) is 1.30. The molecule has 26 heavy (non-hydrogen) atoms. The molecule has 2 rings (SSSR count). The molecule has 0 aliphatic rings. The number of hydrogen-bond donors (Lipinski definition) is 1. The van der Waals surface area contributed by atoms with E-state index in [0.29, 0.717) is 30.9 Å². The minimum atomic E-state index is -0.449. The third-order valence-electron chi connectivity index (χ3n) is 3.53. The molecule has 0 aliphatic heterocycles. The zero-order valence-electron chi connectivity index (χ0n) is 15.0. The van der Waals surface area contributed by atoms with Gasteiger partial charge in [0.25, 0.3) is 0 Å². The van der Waals surface area contributed by atoms with Crippen molar-refractivity contribution in [2.75, 3.05) is 25.6 Å². The lowest BCUT2D eigenvalue weighted by Crippen LogP contribution is -2.13. The molecule has 0 saturated heterocycles. The van der Waals surface area contributed by atoms with E-state index < -0.39 is 5.97 Å². The number of nitrogens with one attached hydrogen (secondary N) is 1. The molecule has 0 aromatic heterocycles. The summed E-state index contributed by atoms with van der Waals surface area (Å²) < 4.78 is 15.4. The SMILES string of the molecule is COC(=O)COc1ccc(NC(=O)CCCOc2cccc(C)c2)cc1. The number of esters is 1. The molecule has 2 aromatic rings. The first kappa shape index (κ1) is 19.3. The summed E-state index contributed by atoms with van der Waals surface area (Å²) >= 11 is 0. The lowest BCUT2D eigenvalue weighted by atomic mass is 10.2. The van der Waals surface area contributed by atoms with Crippen molar-refractivity contribution in [3.63, 3.8) is 0 Å². The number of carbonyl (C=O) groups is 2. The smallest absolute Gasteiger partial charge is 0.343 e. The fraction of sp³-hybridized carbons (Fsp3) is 0.300. The van der Waals surface area contributed by atoms with E-state index in [9.17, 15) is 9.59 Å². The highest BCUT2D eigenvalue weighted by Gasteiger charge is 2.05. The molecular weight excluding hydrogens is 334 g/mol. The number of aryl methyl sites for hydroxylation is 1. The second-order valence-corrected chi connectivity index (χ2v) is 5.71. The lowest BCUT2D eigenvalue weighted by Gasteiger charge is -2.09. The molecule has 0 atom stereocenters.